The first-order valence-corrected chi connectivity index (χ1v) is 10.1. The number of carbonyl (C=O) groups excluding carboxylic acids is 1. The SMILES string of the molecule is CCOC(=O)c1cnn(-c2cc(C)c3cccc(C)c3n2)c1Nc1nc(C)cc(C)n1. The van der Waals surface area contributed by atoms with Crippen molar-refractivity contribution in [2.45, 2.75) is 34.6 Å². The number of fused-ring (bicyclic) bond motifs is 1. The van der Waals surface area contributed by atoms with Crippen molar-refractivity contribution >= 4 is 28.6 Å². The van der Waals surface area contributed by atoms with Crippen LogP contribution in [0.15, 0.2) is 36.5 Å². The number of benzene rings is 1. The van der Waals surface area contributed by atoms with Crippen LogP contribution >= 0.6 is 0 Å². The second-order valence-electron chi connectivity index (χ2n) is 7.41. The number of ether oxygens (including phenoxy) is 1. The van der Waals surface area contributed by atoms with E-state index >= 15 is 0 Å². The van der Waals surface area contributed by atoms with Crippen molar-refractivity contribution in [3.8, 4) is 5.82 Å². The van der Waals surface area contributed by atoms with Gasteiger partial charge in [0.25, 0.3) is 0 Å². The second-order valence-corrected chi connectivity index (χ2v) is 7.41. The molecule has 158 valence electrons. The zero-order valence-electron chi connectivity index (χ0n) is 18.2. The molecule has 0 spiro atoms. The van der Waals surface area contributed by atoms with Crippen molar-refractivity contribution in [1.82, 2.24) is 24.7 Å². The second kappa shape index (κ2) is 8.14. The fraction of sp³-hybridized carbons (Fsp3) is 0.261. The number of pyridine rings is 1. The quantitative estimate of drug-likeness (QED) is 0.483. The molecule has 0 radical (unpaired) electrons. The molecule has 1 N–H and O–H groups in total. The van der Waals surface area contributed by atoms with Crippen molar-refractivity contribution in [3.63, 3.8) is 0 Å². The van der Waals surface area contributed by atoms with E-state index in [1.807, 2.05) is 58.0 Å². The first-order chi connectivity index (χ1) is 14.9. The zero-order valence-corrected chi connectivity index (χ0v) is 18.2. The Morgan fingerprint density at radius 3 is 2.48 bits per heavy atom. The van der Waals surface area contributed by atoms with Crippen LogP contribution in [0.3, 0.4) is 0 Å². The molecule has 1 aromatic carbocycles. The fourth-order valence-corrected chi connectivity index (χ4v) is 3.54. The number of hydrogen-bond acceptors (Lipinski definition) is 7. The number of hydrogen-bond donors (Lipinski definition) is 1. The Hall–Kier alpha value is -3.81. The van der Waals surface area contributed by atoms with Gasteiger partial charge in [0, 0.05) is 16.8 Å². The Labute approximate surface area is 180 Å². The van der Waals surface area contributed by atoms with Gasteiger partial charge in [-0.15, -0.1) is 0 Å². The molecule has 0 fully saturated rings. The van der Waals surface area contributed by atoms with Gasteiger partial charge in [-0.25, -0.2) is 19.7 Å². The number of carbonyl (C=O) groups is 1. The van der Waals surface area contributed by atoms with Crippen LogP contribution < -0.4 is 5.32 Å². The smallest absolute Gasteiger partial charge is 0.343 e. The third-order valence-electron chi connectivity index (χ3n) is 4.93. The third-order valence-corrected chi connectivity index (χ3v) is 4.93. The normalized spacial score (nSPS) is 11.0. The summed E-state index contributed by atoms with van der Waals surface area (Å²) < 4.78 is 6.81. The highest BCUT2D eigenvalue weighted by Gasteiger charge is 2.22. The van der Waals surface area contributed by atoms with E-state index < -0.39 is 5.97 Å². The molecule has 3 heterocycles. The van der Waals surface area contributed by atoms with Gasteiger partial charge in [0.2, 0.25) is 5.95 Å². The van der Waals surface area contributed by atoms with E-state index in [0.717, 1.165) is 33.4 Å². The molecular weight excluding hydrogens is 392 g/mol. The lowest BCUT2D eigenvalue weighted by Crippen LogP contribution is -2.12. The average molecular weight is 416 g/mol. The van der Waals surface area contributed by atoms with E-state index in [1.165, 1.54) is 6.20 Å². The van der Waals surface area contributed by atoms with Crippen LogP contribution in [0.25, 0.3) is 16.7 Å². The van der Waals surface area contributed by atoms with Gasteiger partial charge in [-0.3, -0.25) is 0 Å². The van der Waals surface area contributed by atoms with Crippen LogP contribution in [0, 0.1) is 27.7 Å². The first kappa shape index (κ1) is 20.5. The number of aromatic nitrogens is 5. The van der Waals surface area contributed by atoms with E-state index in [2.05, 4.69) is 20.4 Å². The molecule has 0 unspecified atom stereocenters. The van der Waals surface area contributed by atoms with E-state index in [4.69, 9.17) is 9.72 Å². The van der Waals surface area contributed by atoms with Crippen molar-refractivity contribution in [2.24, 2.45) is 0 Å². The van der Waals surface area contributed by atoms with E-state index in [0.29, 0.717) is 17.6 Å². The minimum atomic E-state index is -0.477. The molecule has 0 saturated carbocycles. The number of nitrogens with zero attached hydrogens (tertiary/aromatic N) is 5. The van der Waals surface area contributed by atoms with Crippen LogP contribution in [-0.2, 0) is 4.74 Å². The van der Waals surface area contributed by atoms with Gasteiger partial charge in [-0.1, -0.05) is 18.2 Å². The fourth-order valence-electron chi connectivity index (χ4n) is 3.54. The average Bonchev–Trinajstić information content (AvgIpc) is 3.11. The molecule has 0 aliphatic carbocycles. The lowest BCUT2D eigenvalue weighted by Gasteiger charge is -2.13. The van der Waals surface area contributed by atoms with Crippen LogP contribution in [0.1, 0.15) is 39.8 Å². The van der Waals surface area contributed by atoms with Gasteiger partial charge < -0.3 is 10.1 Å². The highest BCUT2D eigenvalue weighted by molar-refractivity contribution is 5.95. The molecule has 0 saturated heterocycles. The lowest BCUT2D eigenvalue weighted by molar-refractivity contribution is 0.0527. The number of esters is 1. The minimum absolute atomic E-state index is 0.260. The molecule has 4 rings (SSSR count). The summed E-state index contributed by atoms with van der Waals surface area (Å²) in [6.45, 7) is 9.85. The van der Waals surface area contributed by atoms with Gasteiger partial charge in [-0.2, -0.15) is 9.78 Å². The first-order valence-electron chi connectivity index (χ1n) is 10.1. The predicted molar refractivity (Wildman–Crippen MR) is 119 cm³/mol. The number of nitrogens with one attached hydrogen (secondary N) is 1. The van der Waals surface area contributed by atoms with Gasteiger partial charge in [0.15, 0.2) is 11.6 Å². The molecule has 31 heavy (non-hydrogen) atoms. The molecule has 3 aromatic heterocycles. The summed E-state index contributed by atoms with van der Waals surface area (Å²) in [5.41, 5.74) is 4.93. The Balaban J connectivity index is 1.89. The summed E-state index contributed by atoms with van der Waals surface area (Å²) in [4.78, 5) is 26.3. The van der Waals surface area contributed by atoms with Crippen molar-refractivity contribution in [1.29, 1.82) is 0 Å². The number of rotatable bonds is 5. The van der Waals surface area contributed by atoms with Gasteiger partial charge in [0.05, 0.1) is 18.3 Å². The third kappa shape index (κ3) is 3.96. The minimum Gasteiger partial charge on any atom is -0.462 e. The molecule has 8 nitrogen and oxygen atoms in total. The number of anilines is 2. The number of para-hydroxylation sites is 1. The van der Waals surface area contributed by atoms with Crippen molar-refractivity contribution in [3.05, 3.63) is 64.6 Å². The van der Waals surface area contributed by atoms with Crippen molar-refractivity contribution in [2.75, 3.05) is 11.9 Å². The monoisotopic (exact) mass is 416 g/mol. The predicted octanol–water partition coefficient (Wildman–Crippen LogP) is 4.36. The highest BCUT2D eigenvalue weighted by atomic mass is 16.5. The van der Waals surface area contributed by atoms with Crippen LogP contribution in [-0.4, -0.2) is 37.3 Å². The highest BCUT2D eigenvalue weighted by Crippen LogP contribution is 2.27. The Bertz CT molecular complexity index is 1270. The topological polar surface area (TPSA) is 94.8 Å². The maximum absolute atomic E-state index is 12.6. The zero-order chi connectivity index (χ0) is 22.1. The standard InChI is InChI=1S/C23H24N6O2/c1-6-31-22(30)18-12-24-29(21(18)28-23-25-15(4)11-16(5)26-23)19-10-14(3)17-9-7-8-13(2)20(17)27-19/h7-12H,6H2,1-5H3,(H,25,26,28). The molecule has 0 aliphatic heterocycles. The summed E-state index contributed by atoms with van der Waals surface area (Å²) in [6, 6.07) is 9.91. The van der Waals surface area contributed by atoms with Gasteiger partial charge in [0.1, 0.15) is 5.56 Å². The van der Waals surface area contributed by atoms with Crippen LogP contribution in [0.5, 0.6) is 0 Å². The van der Waals surface area contributed by atoms with E-state index in [9.17, 15) is 4.79 Å². The van der Waals surface area contributed by atoms with Gasteiger partial charge >= 0.3 is 5.97 Å². The Morgan fingerprint density at radius 2 is 1.77 bits per heavy atom. The maximum Gasteiger partial charge on any atom is 0.343 e. The molecule has 8 heteroatoms. The van der Waals surface area contributed by atoms with Gasteiger partial charge in [-0.05, 0) is 57.9 Å². The van der Waals surface area contributed by atoms with E-state index in [1.54, 1.807) is 11.6 Å². The van der Waals surface area contributed by atoms with Crippen LogP contribution in [0.2, 0.25) is 0 Å². The van der Waals surface area contributed by atoms with Crippen molar-refractivity contribution < 1.29 is 9.53 Å². The molecule has 0 atom stereocenters. The summed E-state index contributed by atoms with van der Waals surface area (Å²) in [7, 11) is 0. The van der Waals surface area contributed by atoms with E-state index in [-0.39, 0.29) is 12.2 Å². The maximum atomic E-state index is 12.6. The molecule has 0 amide bonds. The summed E-state index contributed by atoms with van der Waals surface area (Å²) in [5.74, 6) is 0.887. The Morgan fingerprint density at radius 1 is 1.03 bits per heavy atom. The molecule has 4 aromatic rings. The number of aryl methyl sites for hydroxylation is 4. The summed E-state index contributed by atoms with van der Waals surface area (Å²) >= 11 is 0. The van der Waals surface area contributed by atoms with Crippen LogP contribution in [0.4, 0.5) is 11.8 Å². The summed E-state index contributed by atoms with van der Waals surface area (Å²) in [5, 5.41) is 8.68. The largest absolute Gasteiger partial charge is 0.462 e. The lowest BCUT2D eigenvalue weighted by atomic mass is 10.1. The Kier molecular flexibility index (Phi) is 5.37. The molecule has 0 aliphatic rings. The molecular formula is C23H24N6O2. The molecule has 0 bridgehead atoms. The summed E-state index contributed by atoms with van der Waals surface area (Å²) in [6.07, 6.45) is 1.47.